The van der Waals surface area contributed by atoms with Gasteiger partial charge in [-0.2, -0.15) is 10.2 Å². The number of nitro benzene ring substituents is 1. The second-order valence-corrected chi connectivity index (χ2v) is 3.76. The molecule has 0 unspecified atom stereocenters. The molecule has 2 aromatic rings. The van der Waals surface area contributed by atoms with Crippen molar-refractivity contribution in [2.45, 2.75) is 0 Å². The number of nitro groups is 1. The van der Waals surface area contributed by atoms with Crippen molar-refractivity contribution in [3.05, 3.63) is 33.9 Å². The highest BCUT2D eigenvalue weighted by Gasteiger charge is 2.18. The van der Waals surface area contributed by atoms with E-state index in [9.17, 15) is 15.2 Å². The molecule has 0 amide bonds. The molecule has 9 heteroatoms. The van der Waals surface area contributed by atoms with Gasteiger partial charge in [-0.1, -0.05) is 0 Å². The zero-order chi connectivity index (χ0) is 14.9. The number of hydrogen-bond acceptors (Lipinski definition) is 8. The van der Waals surface area contributed by atoms with Gasteiger partial charge in [0.2, 0.25) is 5.95 Å². The second kappa shape index (κ2) is 4.69. The number of benzene rings is 1. The molecule has 0 aliphatic rings. The third kappa shape index (κ3) is 2.13. The lowest BCUT2D eigenvalue weighted by Gasteiger charge is -2.07. The Balaban J connectivity index is 2.72. The minimum atomic E-state index is -0.751. The van der Waals surface area contributed by atoms with E-state index in [2.05, 4.69) is 9.97 Å². The first-order valence-corrected chi connectivity index (χ1v) is 5.25. The van der Waals surface area contributed by atoms with Crippen LogP contribution in [0.4, 0.5) is 17.5 Å². The van der Waals surface area contributed by atoms with Crippen LogP contribution in [0.3, 0.4) is 0 Å². The summed E-state index contributed by atoms with van der Waals surface area (Å²) in [5, 5.41) is 29.2. The van der Waals surface area contributed by atoms with E-state index in [1.54, 1.807) is 0 Å². The molecule has 0 aliphatic carbocycles. The molecule has 0 saturated carbocycles. The number of phenolic OH excluding ortho intramolecular Hbond substituents is 1. The summed E-state index contributed by atoms with van der Waals surface area (Å²) in [6.07, 6.45) is 0. The van der Waals surface area contributed by atoms with Crippen molar-refractivity contribution in [3.63, 3.8) is 0 Å². The van der Waals surface area contributed by atoms with Gasteiger partial charge in [-0.25, -0.2) is 4.98 Å². The van der Waals surface area contributed by atoms with Crippen molar-refractivity contribution in [2.75, 3.05) is 11.5 Å². The number of nitriles is 1. The summed E-state index contributed by atoms with van der Waals surface area (Å²) in [5.41, 5.74) is 10.8. The topological polar surface area (TPSA) is 165 Å². The fraction of sp³-hybridized carbons (Fsp3) is 0. The Labute approximate surface area is 112 Å². The summed E-state index contributed by atoms with van der Waals surface area (Å²) in [5.74, 6) is -0.773. The number of anilines is 2. The molecular weight excluding hydrogens is 264 g/mol. The molecule has 1 aromatic carbocycles. The van der Waals surface area contributed by atoms with E-state index in [0.717, 1.165) is 12.1 Å². The summed E-state index contributed by atoms with van der Waals surface area (Å²) in [7, 11) is 0. The normalized spacial score (nSPS) is 9.95. The molecular formula is C11H8N6O3. The monoisotopic (exact) mass is 272 g/mol. The van der Waals surface area contributed by atoms with Gasteiger partial charge in [0.05, 0.1) is 10.6 Å². The van der Waals surface area contributed by atoms with Crippen molar-refractivity contribution in [1.29, 1.82) is 5.26 Å². The number of aromatic hydroxyl groups is 1. The molecule has 9 nitrogen and oxygen atoms in total. The van der Waals surface area contributed by atoms with E-state index in [4.69, 9.17) is 16.7 Å². The standard InChI is InChI=1S/C11H8N6O3/c12-4-6-9(15-11(14)16-10(6)13)5-1-2-8(18)7(3-5)17(19)20/h1-3,18H,(H4,13,14,15,16). The van der Waals surface area contributed by atoms with Gasteiger partial charge in [0, 0.05) is 11.6 Å². The predicted octanol–water partition coefficient (Wildman–Crippen LogP) is 0.793. The van der Waals surface area contributed by atoms with E-state index in [1.165, 1.54) is 6.07 Å². The number of nitrogens with two attached hydrogens (primary N) is 2. The van der Waals surface area contributed by atoms with Crippen molar-refractivity contribution < 1.29 is 10.0 Å². The fourth-order valence-corrected chi connectivity index (χ4v) is 1.63. The lowest BCUT2D eigenvalue weighted by Crippen LogP contribution is -2.05. The zero-order valence-corrected chi connectivity index (χ0v) is 9.94. The van der Waals surface area contributed by atoms with Gasteiger partial charge in [0.25, 0.3) is 0 Å². The average Bonchev–Trinajstić information content (AvgIpc) is 2.38. The first-order valence-electron chi connectivity index (χ1n) is 5.25. The number of aromatic nitrogens is 2. The van der Waals surface area contributed by atoms with Crippen molar-refractivity contribution in [1.82, 2.24) is 9.97 Å². The van der Waals surface area contributed by atoms with Gasteiger partial charge in [0.15, 0.2) is 5.75 Å². The van der Waals surface area contributed by atoms with Crippen LogP contribution in [0.1, 0.15) is 5.56 Å². The Hall–Kier alpha value is -3.41. The summed E-state index contributed by atoms with van der Waals surface area (Å²) in [6, 6.07) is 5.39. The molecule has 0 bridgehead atoms. The SMILES string of the molecule is N#Cc1c(N)nc(N)nc1-c1ccc(O)c([N+](=O)[O-])c1. The van der Waals surface area contributed by atoms with Crippen LogP contribution < -0.4 is 11.5 Å². The Morgan fingerprint density at radius 3 is 2.65 bits per heavy atom. The van der Waals surface area contributed by atoms with E-state index >= 15 is 0 Å². The smallest absolute Gasteiger partial charge is 0.311 e. The van der Waals surface area contributed by atoms with Gasteiger partial charge >= 0.3 is 5.69 Å². The molecule has 0 fully saturated rings. The number of rotatable bonds is 2. The quantitative estimate of drug-likeness (QED) is 0.533. The Bertz CT molecular complexity index is 753. The molecule has 2 rings (SSSR count). The molecule has 1 heterocycles. The van der Waals surface area contributed by atoms with Gasteiger partial charge in [0.1, 0.15) is 17.5 Å². The minimum absolute atomic E-state index is 0.0424. The lowest BCUT2D eigenvalue weighted by molar-refractivity contribution is -0.385. The Morgan fingerprint density at radius 1 is 1.35 bits per heavy atom. The highest BCUT2D eigenvalue weighted by molar-refractivity contribution is 5.75. The van der Waals surface area contributed by atoms with Crippen molar-refractivity contribution in [2.24, 2.45) is 0 Å². The number of nitrogens with zero attached hydrogens (tertiary/aromatic N) is 4. The number of nitrogen functional groups attached to an aromatic ring is 2. The van der Waals surface area contributed by atoms with E-state index in [1.807, 2.05) is 6.07 Å². The second-order valence-electron chi connectivity index (χ2n) is 3.76. The maximum atomic E-state index is 10.8. The zero-order valence-electron chi connectivity index (χ0n) is 9.94. The van der Waals surface area contributed by atoms with Gasteiger partial charge in [-0.3, -0.25) is 10.1 Å². The molecule has 0 atom stereocenters. The Morgan fingerprint density at radius 2 is 2.05 bits per heavy atom. The maximum Gasteiger partial charge on any atom is 0.311 e. The van der Waals surface area contributed by atoms with Crippen LogP contribution in [0.5, 0.6) is 5.75 Å². The lowest BCUT2D eigenvalue weighted by atomic mass is 10.1. The summed E-state index contributed by atoms with van der Waals surface area (Å²) < 4.78 is 0. The van der Waals surface area contributed by atoms with E-state index < -0.39 is 16.4 Å². The molecule has 100 valence electrons. The van der Waals surface area contributed by atoms with Crippen LogP contribution in [0, 0.1) is 21.4 Å². The summed E-state index contributed by atoms with van der Waals surface area (Å²) in [4.78, 5) is 17.6. The average molecular weight is 272 g/mol. The van der Waals surface area contributed by atoms with Gasteiger partial charge < -0.3 is 16.6 Å². The van der Waals surface area contributed by atoms with Crippen LogP contribution in [-0.4, -0.2) is 20.0 Å². The van der Waals surface area contributed by atoms with E-state index in [0.29, 0.717) is 0 Å². The molecule has 0 radical (unpaired) electrons. The van der Waals surface area contributed by atoms with Crippen molar-refractivity contribution >= 4 is 17.5 Å². The van der Waals surface area contributed by atoms with Crippen LogP contribution in [0.15, 0.2) is 18.2 Å². The molecule has 5 N–H and O–H groups in total. The molecule has 0 saturated heterocycles. The molecule has 1 aromatic heterocycles. The Kier molecular flexibility index (Phi) is 3.06. The van der Waals surface area contributed by atoms with Crippen molar-refractivity contribution in [3.8, 4) is 23.1 Å². The number of phenols is 1. The van der Waals surface area contributed by atoms with E-state index in [-0.39, 0.29) is 28.6 Å². The first kappa shape index (κ1) is 13.0. The first-order chi connectivity index (χ1) is 9.43. The summed E-state index contributed by atoms with van der Waals surface area (Å²) in [6.45, 7) is 0. The molecule has 20 heavy (non-hydrogen) atoms. The largest absolute Gasteiger partial charge is 0.502 e. The highest BCUT2D eigenvalue weighted by atomic mass is 16.6. The maximum absolute atomic E-state index is 10.8. The minimum Gasteiger partial charge on any atom is -0.502 e. The molecule has 0 aliphatic heterocycles. The third-order valence-electron chi connectivity index (χ3n) is 2.51. The highest BCUT2D eigenvalue weighted by Crippen LogP contribution is 2.32. The summed E-state index contributed by atoms with van der Waals surface area (Å²) >= 11 is 0. The molecule has 0 spiro atoms. The fourth-order valence-electron chi connectivity index (χ4n) is 1.63. The predicted molar refractivity (Wildman–Crippen MR) is 69.3 cm³/mol. The number of hydrogen-bond donors (Lipinski definition) is 3. The van der Waals surface area contributed by atoms with Crippen LogP contribution in [0.25, 0.3) is 11.3 Å². The van der Waals surface area contributed by atoms with Crippen LogP contribution >= 0.6 is 0 Å². The van der Waals surface area contributed by atoms with Gasteiger partial charge in [-0.05, 0) is 12.1 Å². The van der Waals surface area contributed by atoms with Crippen LogP contribution in [0.2, 0.25) is 0 Å². The van der Waals surface area contributed by atoms with Crippen LogP contribution in [-0.2, 0) is 0 Å². The third-order valence-corrected chi connectivity index (χ3v) is 2.51. The van der Waals surface area contributed by atoms with Gasteiger partial charge in [-0.15, -0.1) is 0 Å².